The molecule has 33 heavy (non-hydrogen) atoms. The third-order valence-electron chi connectivity index (χ3n) is 5.64. The van der Waals surface area contributed by atoms with Crippen LogP contribution in [0.4, 0.5) is 5.69 Å². The lowest BCUT2D eigenvalue weighted by atomic mass is 10.0. The van der Waals surface area contributed by atoms with Gasteiger partial charge in [-0.3, -0.25) is 9.59 Å². The van der Waals surface area contributed by atoms with Crippen LogP contribution in [0, 0.1) is 0 Å². The molecule has 1 N–H and O–H groups in total. The van der Waals surface area contributed by atoms with Crippen LogP contribution in [0.15, 0.2) is 66.7 Å². The molecule has 7 heteroatoms. The first kappa shape index (κ1) is 22.2. The van der Waals surface area contributed by atoms with Crippen molar-refractivity contribution in [1.29, 1.82) is 0 Å². The first-order chi connectivity index (χ1) is 16.0. The van der Waals surface area contributed by atoms with Crippen LogP contribution in [0.2, 0.25) is 0 Å². The molecule has 0 saturated heterocycles. The van der Waals surface area contributed by atoms with Crippen molar-refractivity contribution in [3.05, 3.63) is 83.4 Å². The Morgan fingerprint density at radius 3 is 2.48 bits per heavy atom. The number of methoxy groups -OCH3 is 1. The zero-order chi connectivity index (χ0) is 23.4. The van der Waals surface area contributed by atoms with Crippen LogP contribution in [-0.4, -0.2) is 44.1 Å². The van der Waals surface area contributed by atoms with Gasteiger partial charge in [0, 0.05) is 23.9 Å². The average molecular weight is 447 g/mol. The van der Waals surface area contributed by atoms with Crippen LogP contribution >= 0.6 is 0 Å². The van der Waals surface area contributed by atoms with Gasteiger partial charge in [0.25, 0.3) is 11.8 Å². The van der Waals surface area contributed by atoms with Gasteiger partial charge in [0.05, 0.1) is 13.2 Å². The third kappa shape index (κ3) is 4.77. The smallest absolute Gasteiger partial charge is 0.255 e. The van der Waals surface area contributed by atoms with Crippen LogP contribution in [0.1, 0.15) is 39.2 Å². The number of benzene rings is 3. The highest BCUT2D eigenvalue weighted by atomic mass is 16.6. The molecule has 0 aromatic heterocycles. The minimum Gasteiger partial charge on any atom is -0.493 e. The molecular formula is C26H26N2O5. The number of nitrogens with zero attached hydrogens (tertiary/aromatic N) is 1. The fourth-order valence-corrected chi connectivity index (χ4v) is 3.67. The molecule has 0 bridgehead atoms. The summed E-state index contributed by atoms with van der Waals surface area (Å²) in [5.41, 5.74) is 2.58. The van der Waals surface area contributed by atoms with E-state index < -0.39 is 0 Å². The molecule has 1 aliphatic heterocycles. The Morgan fingerprint density at radius 1 is 0.970 bits per heavy atom. The average Bonchev–Trinajstić information content (AvgIpc) is 2.87. The number of nitrogens with one attached hydrogen (secondary N) is 1. The van der Waals surface area contributed by atoms with Crippen LogP contribution in [0.5, 0.6) is 17.2 Å². The summed E-state index contributed by atoms with van der Waals surface area (Å²) in [7, 11) is 3.27. The van der Waals surface area contributed by atoms with Gasteiger partial charge in [-0.05, 0) is 48.9 Å². The maximum Gasteiger partial charge on any atom is 0.255 e. The molecule has 170 valence electrons. The van der Waals surface area contributed by atoms with Crippen molar-refractivity contribution in [3.8, 4) is 17.2 Å². The second-order valence-electron chi connectivity index (χ2n) is 7.74. The summed E-state index contributed by atoms with van der Waals surface area (Å²) in [5, 5.41) is 2.91. The number of hydrogen-bond donors (Lipinski definition) is 1. The predicted octanol–water partition coefficient (Wildman–Crippen LogP) is 4.55. The monoisotopic (exact) mass is 446 g/mol. The van der Waals surface area contributed by atoms with Crippen molar-refractivity contribution >= 4 is 17.5 Å². The fraction of sp³-hybridized carbons (Fsp3) is 0.231. The zero-order valence-corrected chi connectivity index (χ0v) is 18.8. The van der Waals surface area contributed by atoms with Crippen molar-refractivity contribution in [2.45, 2.75) is 13.0 Å². The number of amides is 2. The van der Waals surface area contributed by atoms with Gasteiger partial charge in [-0.2, -0.15) is 0 Å². The van der Waals surface area contributed by atoms with Gasteiger partial charge in [-0.25, -0.2) is 0 Å². The van der Waals surface area contributed by atoms with Crippen molar-refractivity contribution < 1.29 is 23.8 Å². The number of rotatable bonds is 6. The highest BCUT2D eigenvalue weighted by Gasteiger charge is 2.25. The van der Waals surface area contributed by atoms with E-state index in [0.717, 1.165) is 5.56 Å². The molecular weight excluding hydrogens is 420 g/mol. The van der Waals surface area contributed by atoms with Crippen molar-refractivity contribution in [3.63, 3.8) is 0 Å². The summed E-state index contributed by atoms with van der Waals surface area (Å²) in [6.45, 7) is 2.79. The molecule has 2 amide bonds. The minimum absolute atomic E-state index is 0.184. The summed E-state index contributed by atoms with van der Waals surface area (Å²) >= 11 is 0. The number of carbonyl (C=O) groups is 2. The second kappa shape index (κ2) is 9.65. The first-order valence-corrected chi connectivity index (χ1v) is 10.7. The van der Waals surface area contributed by atoms with Gasteiger partial charge < -0.3 is 24.4 Å². The van der Waals surface area contributed by atoms with Gasteiger partial charge in [0.1, 0.15) is 13.2 Å². The number of carbonyl (C=O) groups excluding carboxylic acids is 2. The Kier molecular flexibility index (Phi) is 6.49. The maximum absolute atomic E-state index is 13.3. The summed E-state index contributed by atoms with van der Waals surface area (Å²) in [5.74, 6) is 1.10. The van der Waals surface area contributed by atoms with Gasteiger partial charge in [0.2, 0.25) is 5.75 Å². The topological polar surface area (TPSA) is 77.1 Å². The van der Waals surface area contributed by atoms with E-state index in [1.54, 1.807) is 36.2 Å². The molecule has 3 aromatic carbocycles. The van der Waals surface area contributed by atoms with E-state index in [0.29, 0.717) is 47.3 Å². The number of hydrogen-bond acceptors (Lipinski definition) is 5. The van der Waals surface area contributed by atoms with E-state index in [9.17, 15) is 9.59 Å². The summed E-state index contributed by atoms with van der Waals surface area (Å²) in [6.07, 6.45) is 0. The van der Waals surface area contributed by atoms with Crippen LogP contribution < -0.4 is 19.5 Å². The van der Waals surface area contributed by atoms with E-state index in [1.165, 1.54) is 7.11 Å². The Balaban J connectivity index is 1.52. The Bertz CT molecular complexity index is 1150. The quantitative estimate of drug-likeness (QED) is 0.601. The van der Waals surface area contributed by atoms with E-state index in [2.05, 4.69) is 5.32 Å². The van der Waals surface area contributed by atoms with Gasteiger partial charge >= 0.3 is 0 Å². The van der Waals surface area contributed by atoms with Gasteiger partial charge in [-0.1, -0.05) is 30.3 Å². The molecule has 7 nitrogen and oxygen atoms in total. The highest BCUT2D eigenvalue weighted by Crippen LogP contribution is 2.41. The highest BCUT2D eigenvalue weighted by molar-refractivity contribution is 6.04. The van der Waals surface area contributed by atoms with Crippen molar-refractivity contribution in [2.24, 2.45) is 0 Å². The normalized spacial score (nSPS) is 13.1. The largest absolute Gasteiger partial charge is 0.493 e. The Morgan fingerprint density at radius 2 is 1.73 bits per heavy atom. The molecule has 0 fully saturated rings. The van der Waals surface area contributed by atoms with E-state index >= 15 is 0 Å². The Hall–Kier alpha value is -4.00. The number of ether oxygens (including phenoxy) is 3. The lowest BCUT2D eigenvalue weighted by molar-refractivity contribution is 0.0740. The van der Waals surface area contributed by atoms with E-state index in [1.807, 2.05) is 49.4 Å². The molecule has 1 atom stereocenters. The summed E-state index contributed by atoms with van der Waals surface area (Å²) in [6, 6.07) is 19.6. The molecule has 1 heterocycles. The molecule has 1 unspecified atom stereocenters. The molecule has 1 aliphatic rings. The van der Waals surface area contributed by atoms with Crippen molar-refractivity contribution in [2.75, 3.05) is 32.7 Å². The van der Waals surface area contributed by atoms with E-state index in [4.69, 9.17) is 14.2 Å². The zero-order valence-electron chi connectivity index (χ0n) is 18.8. The minimum atomic E-state index is -0.245. The number of anilines is 1. The SMILES string of the molecule is COc1cc(C(=O)N(C)C(C)c2cccc(NC(=O)c3ccccc3)c2)cc2c1OCCO2. The molecule has 0 radical (unpaired) electrons. The lowest BCUT2D eigenvalue weighted by Gasteiger charge is -2.27. The summed E-state index contributed by atoms with van der Waals surface area (Å²) in [4.78, 5) is 27.4. The molecule has 0 spiro atoms. The fourth-order valence-electron chi connectivity index (χ4n) is 3.67. The lowest BCUT2D eigenvalue weighted by Crippen LogP contribution is -2.30. The van der Waals surface area contributed by atoms with E-state index in [-0.39, 0.29) is 17.9 Å². The molecule has 4 rings (SSSR count). The second-order valence-corrected chi connectivity index (χ2v) is 7.74. The van der Waals surface area contributed by atoms with Gasteiger partial charge in [-0.15, -0.1) is 0 Å². The standard InChI is InChI=1S/C26H26N2O5/c1-17(19-10-7-11-21(14-19)27-25(29)18-8-5-4-6-9-18)28(2)26(30)20-15-22(31-3)24-23(16-20)32-12-13-33-24/h4-11,14-17H,12-13H2,1-3H3,(H,27,29). The first-order valence-electron chi connectivity index (χ1n) is 10.7. The predicted molar refractivity (Wildman–Crippen MR) is 125 cm³/mol. The van der Waals surface area contributed by atoms with Crippen LogP contribution in [-0.2, 0) is 0 Å². The molecule has 0 aliphatic carbocycles. The van der Waals surface area contributed by atoms with Crippen LogP contribution in [0.3, 0.4) is 0 Å². The molecule has 3 aromatic rings. The van der Waals surface area contributed by atoms with Gasteiger partial charge in [0.15, 0.2) is 11.5 Å². The maximum atomic E-state index is 13.3. The Labute approximate surface area is 192 Å². The third-order valence-corrected chi connectivity index (χ3v) is 5.64. The van der Waals surface area contributed by atoms with Crippen LogP contribution in [0.25, 0.3) is 0 Å². The molecule has 0 saturated carbocycles. The van der Waals surface area contributed by atoms with Crippen molar-refractivity contribution in [1.82, 2.24) is 4.90 Å². The number of fused-ring (bicyclic) bond motifs is 1. The summed E-state index contributed by atoms with van der Waals surface area (Å²) < 4.78 is 16.7.